The normalized spacial score (nSPS) is 17.3. The molecule has 0 bridgehead atoms. The third-order valence-electron chi connectivity index (χ3n) is 2.93. The molecule has 0 fully saturated rings. The van der Waals surface area contributed by atoms with Crippen molar-refractivity contribution in [2.24, 2.45) is 5.16 Å². The van der Waals surface area contributed by atoms with E-state index < -0.39 is 12.1 Å². The van der Waals surface area contributed by atoms with E-state index in [4.69, 9.17) is 21.5 Å². The minimum atomic E-state index is -1.17. The van der Waals surface area contributed by atoms with Crippen molar-refractivity contribution in [3.8, 4) is 0 Å². The SMILES string of the molecule is CN(Cc1ccccc1Cl)C(=O)C1CC(C(=O)O)=NO1. The van der Waals surface area contributed by atoms with Crippen LogP contribution in [-0.2, 0) is 21.0 Å². The zero-order valence-electron chi connectivity index (χ0n) is 10.7. The molecule has 0 radical (unpaired) electrons. The van der Waals surface area contributed by atoms with Crippen LogP contribution in [0.1, 0.15) is 12.0 Å². The standard InChI is InChI=1S/C13H13ClN2O4/c1-16(7-8-4-2-3-5-9(8)14)12(17)11-6-10(13(18)19)15-20-11/h2-5,11H,6-7H2,1H3,(H,18,19). The molecule has 1 heterocycles. The second-order valence-corrected chi connectivity index (χ2v) is 4.83. The molecular weight excluding hydrogens is 284 g/mol. The number of benzene rings is 1. The maximum Gasteiger partial charge on any atom is 0.353 e. The molecule has 0 spiro atoms. The van der Waals surface area contributed by atoms with Gasteiger partial charge in [-0.3, -0.25) is 4.79 Å². The number of amides is 1. The Kier molecular flexibility index (Phi) is 4.24. The van der Waals surface area contributed by atoms with E-state index >= 15 is 0 Å². The summed E-state index contributed by atoms with van der Waals surface area (Å²) in [6.45, 7) is 0.320. The molecule has 1 aromatic rings. The van der Waals surface area contributed by atoms with Gasteiger partial charge in [-0.05, 0) is 11.6 Å². The number of carboxylic acid groups (broad SMARTS) is 1. The highest BCUT2D eigenvalue weighted by Gasteiger charge is 2.33. The van der Waals surface area contributed by atoms with E-state index in [0.717, 1.165) is 5.56 Å². The van der Waals surface area contributed by atoms with Crippen LogP contribution in [0.2, 0.25) is 5.02 Å². The van der Waals surface area contributed by atoms with Gasteiger partial charge in [0.1, 0.15) is 0 Å². The number of rotatable bonds is 4. The van der Waals surface area contributed by atoms with E-state index in [1.165, 1.54) is 4.90 Å². The third-order valence-corrected chi connectivity index (χ3v) is 3.30. The molecule has 20 heavy (non-hydrogen) atoms. The van der Waals surface area contributed by atoms with Crippen molar-refractivity contribution in [2.45, 2.75) is 19.1 Å². The van der Waals surface area contributed by atoms with Crippen molar-refractivity contribution in [2.75, 3.05) is 7.05 Å². The quantitative estimate of drug-likeness (QED) is 0.914. The Morgan fingerprint density at radius 2 is 2.20 bits per heavy atom. The van der Waals surface area contributed by atoms with Gasteiger partial charge in [0.2, 0.25) is 6.10 Å². The van der Waals surface area contributed by atoms with Crippen LogP contribution in [0.4, 0.5) is 0 Å². The van der Waals surface area contributed by atoms with Crippen LogP contribution in [0.15, 0.2) is 29.4 Å². The van der Waals surface area contributed by atoms with Gasteiger partial charge in [-0.2, -0.15) is 0 Å². The molecule has 1 aliphatic rings. The van der Waals surface area contributed by atoms with E-state index in [9.17, 15) is 9.59 Å². The topological polar surface area (TPSA) is 79.2 Å². The van der Waals surface area contributed by atoms with E-state index in [1.807, 2.05) is 12.1 Å². The van der Waals surface area contributed by atoms with Crippen LogP contribution in [0.25, 0.3) is 0 Å². The summed E-state index contributed by atoms with van der Waals surface area (Å²) in [5, 5.41) is 12.7. The smallest absolute Gasteiger partial charge is 0.353 e. The Balaban J connectivity index is 1.97. The minimum absolute atomic E-state index is 0.0268. The van der Waals surface area contributed by atoms with Gasteiger partial charge < -0.3 is 14.8 Å². The Bertz CT molecular complexity index is 573. The number of oxime groups is 1. The van der Waals surface area contributed by atoms with Crippen molar-refractivity contribution in [1.29, 1.82) is 0 Å². The first-order chi connectivity index (χ1) is 9.49. The monoisotopic (exact) mass is 296 g/mol. The van der Waals surface area contributed by atoms with E-state index in [1.54, 1.807) is 19.2 Å². The number of carboxylic acids is 1. The van der Waals surface area contributed by atoms with Gasteiger partial charge in [0.15, 0.2) is 5.71 Å². The van der Waals surface area contributed by atoms with Crippen LogP contribution in [0, 0.1) is 0 Å². The Morgan fingerprint density at radius 1 is 1.50 bits per heavy atom. The summed E-state index contributed by atoms with van der Waals surface area (Å²) >= 11 is 6.03. The van der Waals surface area contributed by atoms with E-state index in [2.05, 4.69) is 5.16 Å². The second kappa shape index (κ2) is 5.92. The second-order valence-electron chi connectivity index (χ2n) is 4.43. The summed E-state index contributed by atoms with van der Waals surface area (Å²) < 4.78 is 0. The van der Waals surface area contributed by atoms with Gasteiger partial charge in [0.05, 0.1) is 0 Å². The molecular formula is C13H13ClN2O4. The molecule has 1 unspecified atom stereocenters. The predicted molar refractivity (Wildman–Crippen MR) is 72.5 cm³/mol. The van der Waals surface area contributed by atoms with Gasteiger partial charge in [-0.15, -0.1) is 0 Å². The molecule has 106 valence electrons. The Morgan fingerprint density at radius 3 is 2.80 bits per heavy atom. The molecule has 1 atom stereocenters. The van der Waals surface area contributed by atoms with Crippen molar-refractivity contribution in [3.63, 3.8) is 0 Å². The third kappa shape index (κ3) is 3.08. The van der Waals surface area contributed by atoms with Gasteiger partial charge in [0, 0.05) is 25.0 Å². The van der Waals surface area contributed by atoms with Crippen molar-refractivity contribution in [1.82, 2.24) is 4.90 Å². The molecule has 1 N–H and O–H groups in total. The molecule has 0 aromatic heterocycles. The Labute approximate surface area is 120 Å². The van der Waals surface area contributed by atoms with Crippen LogP contribution < -0.4 is 0 Å². The molecule has 0 saturated heterocycles. The highest BCUT2D eigenvalue weighted by Crippen LogP contribution is 2.19. The molecule has 1 aliphatic heterocycles. The maximum absolute atomic E-state index is 12.1. The number of aliphatic carboxylic acids is 1. The van der Waals surface area contributed by atoms with Crippen LogP contribution in [0.3, 0.4) is 0 Å². The molecule has 7 heteroatoms. The lowest BCUT2D eigenvalue weighted by atomic mass is 10.1. The highest BCUT2D eigenvalue weighted by atomic mass is 35.5. The first-order valence-electron chi connectivity index (χ1n) is 5.93. The average Bonchev–Trinajstić information content (AvgIpc) is 2.90. The Hall–Kier alpha value is -2.08. The highest BCUT2D eigenvalue weighted by molar-refractivity contribution is 6.36. The van der Waals surface area contributed by atoms with Gasteiger partial charge in [-0.25, -0.2) is 4.79 Å². The lowest BCUT2D eigenvalue weighted by molar-refractivity contribution is -0.141. The summed E-state index contributed by atoms with van der Waals surface area (Å²) in [5.41, 5.74) is 0.664. The summed E-state index contributed by atoms with van der Waals surface area (Å²) in [6.07, 6.45) is -0.908. The van der Waals surface area contributed by atoms with Crippen LogP contribution in [-0.4, -0.2) is 40.7 Å². The summed E-state index contributed by atoms with van der Waals surface area (Å²) in [7, 11) is 1.60. The lowest BCUT2D eigenvalue weighted by Gasteiger charge is -2.20. The van der Waals surface area contributed by atoms with Gasteiger partial charge in [-0.1, -0.05) is 35.0 Å². The molecule has 2 rings (SSSR count). The fourth-order valence-corrected chi connectivity index (χ4v) is 2.04. The first kappa shape index (κ1) is 14.3. The number of carbonyl (C=O) groups is 2. The zero-order chi connectivity index (χ0) is 14.7. The van der Waals surface area contributed by atoms with Crippen molar-refractivity contribution in [3.05, 3.63) is 34.9 Å². The van der Waals surface area contributed by atoms with Crippen molar-refractivity contribution < 1.29 is 19.5 Å². The van der Waals surface area contributed by atoms with Crippen LogP contribution >= 0.6 is 11.6 Å². The van der Waals surface area contributed by atoms with E-state index in [0.29, 0.717) is 11.6 Å². The van der Waals surface area contributed by atoms with Crippen molar-refractivity contribution >= 4 is 29.2 Å². The average molecular weight is 297 g/mol. The van der Waals surface area contributed by atoms with Gasteiger partial charge >= 0.3 is 5.97 Å². The molecule has 0 saturated carbocycles. The van der Waals surface area contributed by atoms with Gasteiger partial charge in [0.25, 0.3) is 5.91 Å². The van der Waals surface area contributed by atoms with E-state index in [-0.39, 0.29) is 18.0 Å². The minimum Gasteiger partial charge on any atom is -0.477 e. The molecule has 0 aliphatic carbocycles. The zero-order valence-corrected chi connectivity index (χ0v) is 11.5. The number of hydrogen-bond donors (Lipinski definition) is 1. The maximum atomic E-state index is 12.1. The first-order valence-corrected chi connectivity index (χ1v) is 6.31. The number of carbonyl (C=O) groups excluding carboxylic acids is 1. The van der Waals surface area contributed by atoms with Crippen LogP contribution in [0.5, 0.6) is 0 Å². The predicted octanol–water partition coefficient (Wildman–Crippen LogP) is 1.53. The fourth-order valence-electron chi connectivity index (χ4n) is 1.84. The summed E-state index contributed by atoms with van der Waals surface area (Å²) in [4.78, 5) is 29.1. The fraction of sp³-hybridized carbons (Fsp3) is 0.308. The number of nitrogens with zero attached hydrogens (tertiary/aromatic N) is 2. The molecule has 6 nitrogen and oxygen atoms in total. The molecule has 1 amide bonds. The number of halogens is 1. The largest absolute Gasteiger partial charge is 0.477 e. The number of hydrogen-bond acceptors (Lipinski definition) is 4. The lowest BCUT2D eigenvalue weighted by Crippen LogP contribution is -2.36. The molecule has 1 aromatic carbocycles. The number of likely N-dealkylation sites (N-methyl/N-ethyl adjacent to an activating group) is 1. The summed E-state index contributed by atoms with van der Waals surface area (Å²) in [6, 6.07) is 7.20. The summed E-state index contributed by atoms with van der Waals surface area (Å²) in [5.74, 6) is -1.50.